The topological polar surface area (TPSA) is 157 Å². The van der Waals surface area contributed by atoms with Crippen molar-refractivity contribution < 1.29 is 9.59 Å². The normalized spacial score (nSPS) is 18.5. The van der Waals surface area contributed by atoms with Crippen LogP contribution in [0.5, 0.6) is 0 Å². The van der Waals surface area contributed by atoms with Gasteiger partial charge in [-0.1, -0.05) is 25.5 Å². The summed E-state index contributed by atoms with van der Waals surface area (Å²) in [6, 6.07) is 6.72. The molecule has 2 atom stereocenters. The van der Waals surface area contributed by atoms with Gasteiger partial charge < -0.3 is 27.8 Å². The van der Waals surface area contributed by atoms with E-state index < -0.39 is 6.04 Å². The van der Waals surface area contributed by atoms with Crippen LogP contribution in [0, 0.1) is 0 Å². The van der Waals surface area contributed by atoms with Gasteiger partial charge in [-0.05, 0) is 30.5 Å². The Kier molecular flexibility index (Phi) is 7.77. The minimum Gasteiger partial charge on any atom is -0.370 e. The van der Waals surface area contributed by atoms with Gasteiger partial charge in [0.25, 0.3) is 0 Å². The van der Waals surface area contributed by atoms with Crippen LogP contribution in [-0.4, -0.2) is 65.8 Å². The van der Waals surface area contributed by atoms with Crippen molar-refractivity contribution >= 4 is 23.5 Å². The number of guanidine groups is 1. The molecule has 1 heterocycles. The maximum atomic E-state index is 13.0. The molecule has 0 aliphatic carbocycles. The lowest BCUT2D eigenvalue weighted by Gasteiger charge is -2.42. The molecule has 0 aromatic heterocycles. The Bertz CT molecular complexity index is 701. The molecule has 154 valence electrons. The second kappa shape index (κ2) is 10.0. The van der Waals surface area contributed by atoms with Gasteiger partial charge in [-0.15, -0.1) is 0 Å². The second-order valence-corrected chi connectivity index (χ2v) is 7.19. The van der Waals surface area contributed by atoms with E-state index in [1.54, 1.807) is 12.1 Å². The van der Waals surface area contributed by atoms with Crippen LogP contribution in [0.1, 0.15) is 25.3 Å². The molecule has 0 radical (unpaired) electrons. The molecule has 1 fully saturated rings. The number of nitrogens with two attached hydrogens (primary N) is 4. The third kappa shape index (κ3) is 6.21. The van der Waals surface area contributed by atoms with Crippen LogP contribution in [0.3, 0.4) is 0 Å². The van der Waals surface area contributed by atoms with Crippen molar-refractivity contribution in [3.8, 4) is 0 Å². The summed E-state index contributed by atoms with van der Waals surface area (Å²) < 4.78 is 0. The number of piperazine rings is 1. The highest BCUT2D eigenvalue weighted by Crippen LogP contribution is 2.18. The molecule has 8 N–H and O–H groups in total. The second-order valence-electron chi connectivity index (χ2n) is 7.19. The van der Waals surface area contributed by atoms with Crippen molar-refractivity contribution in [3.63, 3.8) is 0 Å². The predicted octanol–water partition coefficient (Wildman–Crippen LogP) is -0.740. The number of hydrogen-bond acceptors (Lipinski definition) is 5. The van der Waals surface area contributed by atoms with E-state index in [2.05, 4.69) is 11.9 Å². The number of hydrogen-bond donors (Lipinski definition) is 4. The van der Waals surface area contributed by atoms with E-state index in [-0.39, 0.29) is 30.4 Å². The first-order chi connectivity index (χ1) is 13.3. The molecule has 1 aromatic rings. The number of nitrogens with zero attached hydrogens (tertiary/aromatic N) is 3. The van der Waals surface area contributed by atoms with Crippen LogP contribution < -0.4 is 22.9 Å². The van der Waals surface area contributed by atoms with Gasteiger partial charge in [-0.3, -0.25) is 14.5 Å². The van der Waals surface area contributed by atoms with Gasteiger partial charge in [0.15, 0.2) is 5.96 Å². The highest BCUT2D eigenvalue weighted by molar-refractivity contribution is 5.82. The van der Waals surface area contributed by atoms with Crippen molar-refractivity contribution in [2.75, 3.05) is 26.2 Å². The van der Waals surface area contributed by atoms with Crippen LogP contribution in [0.25, 0.3) is 0 Å². The number of amides is 2. The summed E-state index contributed by atoms with van der Waals surface area (Å²) in [5.41, 5.74) is 23.9. The minimum absolute atomic E-state index is 0.00271. The molecule has 1 aliphatic heterocycles. The molecular weight excluding hydrogens is 358 g/mol. The van der Waals surface area contributed by atoms with Crippen molar-refractivity contribution in [3.05, 3.63) is 29.8 Å². The average Bonchev–Trinajstić information content (AvgIpc) is 2.62. The molecule has 28 heavy (non-hydrogen) atoms. The zero-order chi connectivity index (χ0) is 20.7. The Labute approximate surface area is 165 Å². The molecule has 1 aromatic carbocycles. The molecule has 2 rings (SSSR count). The fourth-order valence-electron chi connectivity index (χ4n) is 3.56. The summed E-state index contributed by atoms with van der Waals surface area (Å²) in [4.78, 5) is 32.0. The third-order valence-corrected chi connectivity index (χ3v) is 4.82. The van der Waals surface area contributed by atoms with Gasteiger partial charge in [-0.25, -0.2) is 4.99 Å². The lowest BCUT2D eigenvalue weighted by molar-refractivity contribution is -0.138. The Morgan fingerprint density at radius 3 is 2.43 bits per heavy atom. The Balaban J connectivity index is 2.00. The number of primary amides is 1. The van der Waals surface area contributed by atoms with Crippen molar-refractivity contribution in [1.82, 2.24) is 9.80 Å². The number of aliphatic imine (C=N–C) groups is 1. The predicted molar refractivity (Wildman–Crippen MR) is 110 cm³/mol. The van der Waals surface area contributed by atoms with E-state index in [4.69, 9.17) is 22.9 Å². The largest absolute Gasteiger partial charge is 0.370 e. The van der Waals surface area contributed by atoms with Gasteiger partial charge >= 0.3 is 0 Å². The Hall–Kier alpha value is -2.65. The van der Waals surface area contributed by atoms with Crippen molar-refractivity contribution in [2.45, 2.75) is 38.3 Å². The summed E-state index contributed by atoms with van der Waals surface area (Å²) in [6.45, 7) is 4.11. The molecule has 1 unspecified atom stereocenters. The van der Waals surface area contributed by atoms with Gasteiger partial charge in [0.2, 0.25) is 11.8 Å². The molecule has 1 aliphatic rings. The van der Waals surface area contributed by atoms with Crippen LogP contribution in [-0.2, 0) is 16.0 Å². The first kappa shape index (κ1) is 21.6. The SMILES string of the molecule is CCCC1CN(CC(N)=O)CCN1C(=O)[C@@H](N)Cc1ccc(N=C(N)N)cc1. The molecule has 0 bridgehead atoms. The summed E-state index contributed by atoms with van der Waals surface area (Å²) in [6.07, 6.45) is 2.24. The maximum Gasteiger partial charge on any atom is 0.240 e. The molecular formula is C19H31N7O2. The highest BCUT2D eigenvalue weighted by atomic mass is 16.2. The molecule has 0 spiro atoms. The molecule has 9 nitrogen and oxygen atoms in total. The quantitative estimate of drug-likeness (QED) is 0.339. The van der Waals surface area contributed by atoms with Crippen molar-refractivity contribution in [2.24, 2.45) is 27.9 Å². The zero-order valence-electron chi connectivity index (χ0n) is 16.4. The first-order valence-electron chi connectivity index (χ1n) is 9.55. The van der Waals surface area contributed by atoms with Gasteiger partial charge in [-0.2, -0.15) is 0 Å². The van der Waals surface area contributed by atoms with Gasteiger partial charge in [0, 0.05) is 25.7 Å². The van der Waals surface area contributed by atoms with E-state index in [1.165, 1.54) is 0 Å². The van der Waals surface area contributed by atoms with Crippen LogP contribution in [0.15, 0.2) is 29.3 Å². The number of rotatable bonds is 8. The minimum atomic E-state index is -0.629. The third-order valence-electron chi connectivity index (χ3n) is 4.82. The van der Waals surface area contributed by atoms with Crippen LogP contribution in [0.4, 0.5) is 5.69 Å². The van der Waals surface area contributed by atoms with Crippen LogP contribution in [0.2, 0.25) is 0 Å². The summed E-state index contributed by atoms with van der Waals surface area (Å²) in [7, 11) is 0. The molecule has 0 saturated carbocycles. The molecule has 2 amide bonds. The molecule has 9 heteroatoms. The van der Waals surface area contributed by atoms with Crippen molar-refractivity contribution in [1.29, 1.82) is 0 Å². The highest BCUT2D eigenvalue weighted by Gasteiger charge is 2.32. The Morgan fingerprint density at radius 2 is 1.86 bits per heavy atom. The lowest BCUT2D eigenvalue weighted by atomic mass is 10.0. The van der Waals surface area contributed by atoms with Gasteiger partial charge in [0.05, 0.1) is 18.3 Å². The van der Waals surface area contributed by atoms with E-state index >= 15 is 0 Å². The smallest absolute Gasteiger partial charge is 0.240 e. The zero-order valence-corrected chi connectivity index (χ0v) is 16.4. The van der Waals surface area contributed by atoms with E-state index in [0.717, 1.165) is 18.4 Å². The van der Waals surface area contributed by atoms with E-state index in [9.17, 15) is 9.59 Å². The maximum absolute atomic E-state index is 13.0. The Morgan fingerprint density at radius 1 is 1.18 bits per heavy atom. The fraction of sp³-hybridized carbons (Fsp3) is 0.526. The van der Waals surface area contributed by atoms with E-state index in [0.29, 0.717) is 31.7 Å². The monoisotopic (exact) mass is 389 g/mol. The van der Waals surface area contributed by atoms with E-state index in [1.807, 2.05) is 21.9 Å². The van der Waals surface area contributed by atoms with Gasteiger partial charge in [0.1, 0.15) is 0 Å². The summed E-state index contributed by atoms with van der Waals surface area (Å²) in [5, 5.41) is 0. The number of benzene rings is 1. The summed E-state index contributed by atoms with van der Waals surface area (Å²) >= 11 is 0. The summed E-state index contributed by atoms with van der Waals surface area (Å²) in [5.74, 6) is -0.418. The number of carbonyl (C=O) groups excluding carboxylic acids is 2. The average molecular weight is 390 g/mol. The lowest BCUT2D eigenvalue weighted by Crippen LogP contribution is -2.59. The standard InChI is InChI=1S/C19H31N7O2/c1-2-3-15-11-25(12-17(21)27)8-9-26(15)18(28)16(20)10-13-4-6-14(7-5-13)24-19(22)23/h4-7,15-16H,2-3,8-12,20H2,1H3,(H2,21,27)(H4,22,23,24)/t15?,16-/m0/s1. The number of carbonyl (C=O) groups is 2. The molecule has 1 saturated heterocycles. The van der Waals surface area contributed by atoms with Crippen LogP contribution >= 0.6 is 0 Å². The first-order valence-corrected chi connectivity index (χ1v) is 9.55. The fourth-order valence-corrected chi connectivity index (χ4v) is 3.56.